The Morgan fingerprint density at radius 3 is 2.35 bits per heavy atom. The highest BCUT2D eigenvalue weighted by molar-refractivity contribution is 6.17. The van der Waals surface area contributed by atoms with Crippen LogP contribution in [0.1, 0.15) is 36.8 Å². The molecule has 1 aliphatic carbocycles. The van der Waals surface area contributed by atoms with Gasteiger partial charge in [0, 0.05) is 11.1 Å². The van der Waals surface area contributed by atoms with Crippen LogP contribution in [0.3, 0.4) is 0 Å². The van der Waals surface area contributed by atoms with Crippen LogP contribution >= 0.6 is 0 Å². The molecule has 1 saturated carbocycles. The summed E-state index contributed by atoms with van der Waals surface area (Å²) in [6, 6.07) is 5.45. The van der Waals surface area contributed by atoms with Crippen LogP contribution in [0.15, 0.2) is 18.2 Å². The summed E-state index contributed by atoms with van der Waals surface area (Å²) < 4.78 is 11.2. The van der Waals surface area contributed by atoms with Crippen LogP contribution in [0.5, 0.6) is 5.75 Å². The molecule has 0 amide bonds. The fourth-order valence-corrected chi connectivity index (χ4v) is 4.40. The molecular formula is C19H18O4. The summed E-state index contributed by atoms with van der Waals surface area (Å²) in [6.07, 6.45) is 1.64. The molecule has 0 N–H and O–H groups in total. The minimum absolute atomic E-state index is 0.000161. The van der Waals surface area contributed by atoms with E-state index in [1.807, 2.05) is 12.1 Å². The van der Waals surface area contributed by atoms with Crippen molar-refractivity contribution in [1.82, 2.24) is 0 Å². The molecule has 2 unspecified atom stereocenters. The molecule has 2 saturated heterocycles. The van der Waals surface area contributed by atoms with Crippen molar-refractivity contribution in [3.05, 3.63) is 29.3 Å². The summed E-state index contributed by atoms with van der Waals surface area (Å²) in [4.78, 5) is 25.8. The van der Waals surface area contributed by atoms with Gasteiger partial charge in [-0.3, -0.25) is 9.59 Å². The van der Waals surface area contributed by atoms with Gasteiger partial charge in [-0.05, 0) is 31.9 Å². The first-order valence-corrected chi connectivity index (χ1v) is 7.99. The summed E-state index contributed by atoms with van der Waals surface area (Å²) in [5, 5.41) is 0. The first-order chi connectivity index (χ1) is 11.2. The fraction of sp³-hybridized carbons (Fsp3) is 0.474. The number of rotatable bonds is 2. The van der Waals surface area contributed by atoms with E-state index in [0.29, 0.717) is 11.3 Å². The average Bonchev–Trinajstić information content (AvgIpc) is 3.22. The van der Waals surface area contributed by atoms with Crippen molar-refractivity contribution in [3.8, 4) is 17.6 Å². The Morgan fingerprint density at radius 2 is 1.78 bits per heavy atom. The Hall–Kier alpha value is -2.12. The van der Waals surface area contributed by atoms with E-state index in [0.717, 1.165) is 18.4 Å². The van der Waals surface area contributed by atoms with Gasteiger partial charge in [0.2, 0.25) is 0 Å². The first-order valence-electron chi connectivity index (χ1n) is 7.99. The molecule has 3 aliphatic rings. The number of carbonyl (C=O) groups is 2. The molecule has 2 heterocycles. The standard InChI is InChI=1S/C19H18O4/c1-3-4-10-5-6-11(14(9-10)22-2)15-18(20)16-12-7-8-13(23-12)17(16)19(15)21/h5-6,9,12-13,15-17H,7-8H2,1-2H3/t12-,13?,15?,16-,17+/m0/s1. The molecule has 118 valence electrons. The zero-order chi connectivity index (χ0) is 16.1. The van der Waals surface area contributed by atoms with Crippen LogP contribution in [0.4, 0.5) is 0 Å². The maximum atomic E-state index is 12.9. The Kier molecular flexibility index (Phi) is 3.28. The van der Waals surface area contributed by atoms with Gasteiger partial charge in [0.25, 0.3) is 0 Å². The average molecular weight is 310 g/mol. The zero-order valence-corrected chi connectivity index (χ0v) is 13.2. The molecule has 1 aromatic rings. The zero-order valence-electron chi connectivity index (χ0n) is 13.2. The Bertz CT molecular complexity index is 726. The second-order valence-corrected chi connectivity index (χ2v) is 6.41. The number of ether oxygens (including phenoxy) is 2. The monoisotopic (exact) mass is 310 g/mol. The van der Waals surface area contributed by atoms with Crippen LogP contribution in [-0.2, 0) is 14.3 Å². The minimum Gasteiger partial charge on any atom is -0.496 e. The summed E-state index contributed by atoms with van der Waals surface area (Å²) >= 11 is 0. The van der Waals surface area contributed by atoms with Crippen molar-refractivity contribution >= 4 is 11.6 Å². The maximum Gasteiger partial charge on any atom is 0.154 e. The molecule has 0 spiro atoms. The van der Waals surface area contributed by atoms with Gasteiger partial charge in [0.05, 0.1) is 31.2 Å². The van der Waals surface area contributed by atoms with Gasteiger partial charge < -0.3 is 9.47 Å². The molecule has 4 rings (SSSR count). The molecule has 4 heteroatoms. The van der Waals surface area contributed by atoms with Gasteiger partial charge in [0.15, 0.2) is 11.6 Å². The molecular weight excluding hydrogens is 292 g/mol. The summed E-state index contributed by atoms with van der Waals surface area (Å²) in [5.41, 5.74) is 1.48. The number of methoxy groups -OCH3 is 1. The lowest BCUT2D eigenvalue weighted by Crippen LogP contribution is -2.29. The van der Waals surface area contributed by atoms with Crippen LogP contribution in [0.2, 0.25) is 0 Å². The van der Waals surface area contributed by atoms with E-state index in [9.17, 15) is 9.59 Å². The normalized spacial score (nSPS) is 34.3. The quantitative estimate of drug-likeness (QED) is 0.620. The second-order valence-electron chi connectivity index (χ2n) is 6.41. The lowest BCUT2D eigenvalue weighted by atomic mass is 9.81. The molecule has 5 atom stereocenters. The van der Waals surface area contributed by atoms with Gasteiger partial charge >= 0.3 is 0 Å². The predicted octanol–water partition coefficient (Wildman–Crippen LogP) is 2.10. The van der Waals surface area contributed by atoms with Gasteiger partial charge in [-0.2, -0.15) is 0 Å². The predicted molar refractivity (Wildman–Crippen MR) is 83.2 cm³/mol. The van der Waals surface area contributed by atoms with Crippen molar-refractivity contribution < 1.29 is 19.1 Å². The highest BCUT2D eigenvalue weighted by Crippen LogP contribution is 2.53. The number of ketones is 2. The van der Waals surface area contributed by atoms with Crippen molar-refractivity contribution in [3.63, 3.8) is 0 Å². The Balaban J connectivity index is 1.75. The molecule has 4 nitrogen and oxygen atoms in total. The van der Waals surface area contributed by atoms with Crippen molar-refractivity contribution in [2.45, 2.75) is 37.9 Å². The van der Waals surface area contributed by atoms with E-state index in [-0.39, 0.29) is 35.6 Å². The topological polar surface area (TPSA) is 52.6 Å². The highest BCUT2D eigenvalue weighted by Gasteiger charge is 2.63. The lowest BCUT2D eigenvalue weighted by molar-refractivity contribution is -0.127. The molecule has 3 fully saturated rings. The lowest BCUT2D eigenvalue weighted by Gasteiger charge is -2.16. The molecule has 0 radical (unpaired) electrons. The van der Waals surface area contributed by atoms with Gasteiger partial charge in [0.1, 0.15) is 11.7 Å². The first kappa shape index (κ1) is 14.5. The number of Topliss-reactive ketones (excluding diaryl/α,β-unsaturated/α-hetero) is 2. The van der Waals surface area contributed by atoms with Gasteiger partial charge in [-0.25, -0.2) is 0 Å². The largest absolute Gasteiger partial charge is 0.496 e. The smallest absolute Gasteiger partial charge is 0.154 e. The SMILES string of the molecule is CC#Cc1ccc(C2C(=O)[C@H]3[C@@H]4CCC(O4)[C@H]3C2=O)c(OC)c1. The molecule has 0 aromatic heterocycles. The third-order valence-electron chi connectivity index (χ3n) is 5.31. The van der Waals surface area contributed by atoms with E-state index >= 15 is 0 Å². The fourth-order valence-electron chi connectivity index (χ4n) is 4.40. The highest BCUT2D eigenvalue weighted by atomic mass is 16.5. The van der Waals surface area contributed by atoms with Crippen LogP contribution in [0.25, 0.3) is 0 Å². The Labute approximate surface area is 135 Å². The maximum absolute atomic E-state index is 12.9. The summed E-state index contributed by atoms with van der Waals surface area (Å²) in [6.45, 7) is 1.77. The summed E-state index contributed by atoms with van der Waals surface area (Å²) in [5.74, 6) is 5.14. The number of carbonyl (C=O) groups excluding carboxylic acids is 2. The van der Waals surface area contributed by atoms with Crippen LogP contribution < -0.4 is 4.74 Å². The summed E-state index contributed by atoms with van der Waals surface area (Å²) in [7, 11) is 1.56. The third-order valence-corrected chi connectivity index (χ3v) is 5.31. The molecule has 1 aromatic carbocycles. The molecule has 2 bridgehead atoms. The van der Waals surface area contributed by atoms with Crippen LogP contribution in [0, 0.1) is 23.7 Å². The van der Waals surface area contributed by atoms with Gasteiger partial charge in [-0.1, -0.05) is 12.0 Å². The number of benzene rings is 1. The van der Waals surface area contributed by atoms with E-state index in [1.54, 1.807) is 20.1 Å². The minimum atomic E-state index is -0.712. The number of fused-ring (bicyclic) bond motifs is 5. The van der Waals surface area contributed by atoms with Crippen LogP contribution in [-0.4, -0.2) is 30.9 Å². The molecule has 2 aliphatic heterocycles. The third kappa shape index (κ3) is 1.96. The number of hydrogen-bond donors (Lipinski definition) is 0. The Morgan fingerprint density at radius 1 is 1.13 bits per heavy atom. The van der Waals surface area contributed by atoms with Crippen molar-refractivity contribution in [2.75, 3.05) is 7.11 Å². The van der Waals surface area contributed by atoms with Crippen molar-refractivity contribution in [2.24, 2.45) is 11.8 Å². The molecule has 23 heavy (non-hydrogen) atoms. The van der Waals surface area contributed by atoms with E-state index in [4.69, 9.17) is 9.47 Å². The van der Waals surface area contributed by atoms with Crippen molar-refractivity contribution in [1.29, 1.82) is 0 Å². The van der Waals surface area contributed by atoms with Gasteiger partial charge in [-0.15, -0.1) is 5.92 Å². The van der Waals surface area contributed by atoms with E-state index < -0.39 is 5.92 Å². The van der Waals surface area contributed by atoms with E-state index in [2.05, 4.69) is 11.8 Å². The number of hydrogen-bond acceptors (Lipinski definition) is 4. The second kappa shape index (κ2) is 5.21. The van der Waals surface area contributed by atoms with E-state index in [1.165, 1.54) is 0 Å².